The minimum absolute atomic E-state index is 0.0822. The van der Waals surface area contributed by atoms with Gasteiger partial charge in [-0.25, -0.2) is 0 Å². The van der Waals surface area contributed by atoms with Gasteiger partial charge in [-0.2, -0.15) is 16.8 Å². The Hall–Kier alpha value is -3.12. The second-order valence-corrected chi connectivity index (χ2v) is 10.5. The first-order valence-electron chi connectivity index (χ1n) is 9.13. The quantitative estimate of drug-likeness (QED) is 0.540. The molecule has 0 atom stereocenters. The van der Waals surface area contributed by atoms with Gasteiger partial charge in [0.1, 0.15) is 0 Å². The topological polar surface area (TPSA) is 128 Å². The Kier molecular flexibility index (Phi) is 4.05. The molecule has 2 aliphatic heterocycles. The van der Waals surface area contributed by atoms with Crippen molar-refractivity contribution in [2.75, 3.05) is 21.7 Å². The van der Waals surface area contributed by atoms with Crippen molar-refractivity contribution in [1.82, 2.24) is 5.16 Å². The van der Waals surface area contributed by atoms with Crippen molar-refractivity contribution in [3.05, 3.63) is 64.9 Å². The zero-order valence-corrected chi connectivity index (χ0v) is 17.1. The van der Waals surface area contributed by atoms with Gasteiger partial charge in [0.05, 0.1) is 16.5 Å². The Labute approximate surface area is 172 Å². The van der Waals surface area contributed by atoms with E-state index in [1.807, 2.05) is 0 Å². The summed E-state index contributed by atoms with van der Waals surface area (Å²) in [6.45, 7) is 0.193. The van der Waals surface area contributed by atoms with Gasteiger partial charge in [-0.15, -0.1) is 0 Å². The highest BCUT2D eigenvalue weighted by Gasteiger charge is 2.48. The van der Waals surface area contributed by atoms with Gasteiger partial charge in [-0.1, -0.05) is 36.4 Å². The largest absolute Gasteiger partial charge is 0.373 e. The predicted molar refractivity (Wildman–Crippen MR) is 105 cm³/mol. The molecule has 3 aromatic rings. The Bertz CT molecular complexity index is 1370. The number of benzene rings is 2. The van der Waals surface area contributed by atoms with Crippen LogP contribution in [0.25, 0.3) is 0 Å². The summed E-state index contributed by atoms with van der Waals surface area (Å²) in [7, 11) is -8.99. The minimum Gasteiger partial charge on any atom is -0.358 e. The number of para-hydroxylation sites is 2. The second kappa shape index (κ2) is 6.44. The lowest BCUT2D eigenvalue weighted by Crippen LogP contribution is -2.41. The lowest BCUT2D eigenvalue weighted by molar-refractivity contribution is -0.832. The molecular formula is C18H16N4O6S2. The van der Waals surface area contributed by atoms with Gasteiger partial charge in [0.25, 0.3) is 0 Å². The molecule has 0 saturated heterocycles. The number of aromatic nitrogens is 2. The molecule has 0 amide bonds. The Balaban J connectivity index is 1.63. The smallest absolute Gasteiger partial charge is 0.358 e. The van der Waals surface area contributed by atoms with Crippen molar-refractivity contribution in [3.63, 3.8) is 0 Å². The third-order valence-electron chi connectivity index (χ3n) is 5.30. The molecule has 0 N–H and O–H groups in total. The van der Waals surface area contributed by atoms with Crippen LogP contribution in [0, 0.1) is 5.21 Å². The zero-order valence-electron chi connectivity index (χ0n) is 15.5. The predicted octanol–water partition coefficient (Wildman–Crippen LogP) is 0.811. The van der Waals surface area contributed by atoms with Gasteiger partial charge in [0, 0.05) is 13.1 Å². The molecule has 0 unspecified atom stereocenters. The molecule has 10 nitrogen and oxygen atoms in total. The summed E-state index contributed by atoms with van der Waals surface area (Å²) in [5.74, 6) is 0. The van der Waals surface area contributed by atoms with Crippen molar-refractivity contribution in [3.8, 4) is 0 Å². The fraction of sp³-hybridized carbons (Fsp3) is 0.222. The molecule has 5 rings (SSSR count). The van der Waals surface area contributed by atoms with Crippen LogP contribution in [0.5, 0.6) is 0 Å². The van der Waals surface area contributed by atoms with Crippen LogP contribution in [0.1, 0.15) is 11.1 Å². The first kappa shape index (κ1) is 18.9. The average Bonchev–Trinajstić information content (AvgIpc) is 3.44. The van der Waals surface area contributed by atoms with Crippen LogP contribution >= 0.6 is 0 Å². The van der Waals surface area contributed by atoms with E-state index in [0.717, 1.165) is 19.7 Å². The van der Waals surface area contributed by atoms with Crippen LogP contribution in [0.15, 0.2) is 63.2 Å². The highest BCUT2D eigenvalue weighted by Crippen LogP contribution is 2.36. The molecule has 3 heterocycles. The van der Waals surface area contributed by atoms with Crippen LogP contribution in [-0.4, -0.2) is 35.1 Å². The van der Waals surface area contributed by atoms with E-state index in [4.69, 9.17) is 0 Å². The van der Waals surface area contributed by atoms with Crippen LogP contribution < -0.4 is 13.5 Å². The maximum absolute atomic E-state index is 13.3. The van der Waals surface area contributed by atoms with Crippen LogP contribution in [0.3, 0.4) is 0 Å². The highest BCUT2D eigenvalue weighted by atomic mass is 32.2. The van der Waals surface area contributed by atoms with Crippen LogP contribution in [0.4, 0.5) is 11.4 Å². The lowest BCUT2D eigenvalue weighted by Gasteiger charge is -2.19. The highest BCUT2D eigenvalue weighted by molar-refractivity contribution is 7.95. The monoisotopic (exact) mass is 448 g/mol. The summed E-state index contributed by atoms with van der Waals surface area (Å²) >= 11 is 0. The molecule has 12 heteroatoms. The third-order valence-corrected chi connectivity index (χ3v) is 8.94. The van der Waals surface area contributed by atoms with E-state index >= 15 is 0 Å². The van der Waals surface area contributed by atoms with Crippen molar-refractivity contribution < 1.29 is 26.4 Å². The fourth-order valence-corrected chi connectivity index (χ4v) is 7.40. The standard InChI is InChI=1S/C18H16N4O6S2/c23-22-18(30(26,27)21-12-10-14-6-2-4-8-16(14)21)17(19-28-22)29(24,25)20-11-9-13-5-1-3-7-15(13)20/h1-8H,9-12H2. The molecule has 2 aromatic carbocycles. The lowest BCUT2D eigenvalue weighted by atomic mass is 10.2. The minimum atomic E-state index is -4.54. The van der Waals surface area contributed by atoms with E-state index in [-0.39, 0.29) is 18.0 Å². The SMILES string of the molecule is O=S(=O)(c1no[n+]([O-])c1S(=O)(=O)N1CCc2ccccc21)N1CCc2ccccc21. The third kappa shape index (κ3) is 2.60. The average molecular weight is 448 g/mol. The van der Waals surface area contributed by atoms with E-state index in [2.05, 4.69) is 9.79 Å². The molecule has 0 radical (unpaired) electrons. The number of fused-ring (bicyclic) bond motifs is 2. The Morgan fingerprint density at radius 1 is 0.833 bits per heavy atom. The summed E-state index contributed by atoms with van der Waals surface area (Å²) < 4.78 is 59.8. The molecule has 0 saturated carbocycles. The van der Waals surface area contributed by atoms with Gasteiger partial charge >= 0.3 is 30.1 Å². The summed E-state index contributed by atoms with van der Waals surface area (Å²) in [6, 6.07) is 13.7. The van der Waals surface area contributed by atoms with E-state index in [1.165, 1.54) is 0 Å². The number of hydrogen-bond acceptors (Lipinski definition) is 7. The van der Waals surface area contributed by atoms with E-state index in [1.54, 1.807) is 48.5 Å². The number of hydrogen-bond donors (Lipinski definition) is 0. The van der Waals surface area contributed by atoms with Gasteiger partial charge in [0.15, 0.2) is 0 Å². The van der Waals surface area contributed by atoms with Crippen LogP contribution in [0.2, 0.25) is 0 Å². The molecule has 30 heavy (non-hydrogen) atoms. The maximum Gasteiger partial charge on any atom is 0.373 e. The summed E-state index contributed by atoms with van der Waals surface area (Å²) in [6.07, 6.45) is 0.910. The Morgan fingerprint density at radius 3 is 1.90 bits per heavy atom. The van der Waals surface area contributed by atoms with Gasteiger partial charge in [-0.3, -0.25) is 13.2 Å². The molecular weight excluding hydrogens is 432 g/mol. The van der Waals surface area contributed by atoms with E-state index in [0.29, 0.717) is 24.2 Å². The van der Waals surface area contributed by atoms with Gasteiger partial charge in [0.2, 0.25) is 0 Å². The number of sulfonamides is 2. The molecule has 156 valence electrons. The first-order chi connectivity index (χ1) is 14.3. The molecule has 0 aliphatic carbocycles. The van der Waals surface area contributed by atoms with E-state index < -0.39 is 30.1 Å². The molecule has 1 aromatic heterocycles. The second-order valence-electron chi connectivity index (χ2n) is 6.95. The fourth-order valence-electron chi connectivity index (χ4n) is 3.91. The molecule has 0 bridgehead atoms. The Morgan fingerprint density at radius 2 is 1.33 bits per heavy atom. The zero-order chi connectivity index (χ0) is 21.1. The van der Waals surface area contributed by atoms with Crippen molar-refractivity contribution >= 4 is 31.4 Å². The summed E-state index contributed by atoms with van der Waals surface area (Å²) in [4.78, 5) is -0.356. The maximum atomic E-state index is 13.3. The van der Waals surface area contributed by atoms with Crippen molar-refractivity contribution in [1.29, 1.82) is 0 Å². The summed E-state index contributed by atoms with van der Waals surface area (Å²) in [5.41, 5.74) is 2.41. The normalized spacial score (nSPS) is 16.0. The molecule has 2 aliphatic rings. The number of anilines is 2. The first-order valence-corrected chi connectivity index (χ1v) is 12.0. The molecule has 0 fully saturated rings. The van der Waals surface area contributed by atoms with Crippen LogP contribution in [-0.2, 0) is 32.9 Å². The van der Waals surface area contributed by atoms with Crippen molar-refractivity contribution in [2.45, 2.75) is 22.9 Å². The van der Waals surface area contributed by atoms with Gasteiger partial charge < -0.3 is 5.21 Å². The number of nitrogens with zero attached hydrogens (tertiary/aromatic N) is 4. The molecule has 0 spiro atoms. The summed E-state index contributed by atoms with van der Waals surface area (Å²) in [5, 5.41) is 13.6. The van der Waals surface area contributed by atoms with E-state index in [9.17, 15) is 22.0 Å². The number of rotatable bonds is 4. The van der Waals surface area contributed by atoms with Gasteiger partial charge in [-0.05, 0) is 41.0 Å². The van der Waals surface area contributed by atoms with Crippen molar-refractivity contribution in [2.24, 2.45) is 0 Å².